The Balaban J connectivity index is 1.68. The molecule has 0 spiro atoms. The van der Waals surface area contributed by atoms with E-state index in [1.807, 2.05) is 55.5 Å². The summed E-state index contributed by atoms with van der Waals surface area (Å²) in [7, 11) is 0. The summed E-state index contributed by atoms with van der Waals surface area (Å²) in [6.07, 6.45) is 2.23. The first-order chi connectivity index (χ1) is 16.5. The van der Waals surface area contributed by atoms with Crippen molar-refractivity contribution in [3.63, 3.8) is 0 Å². The number of rotatable bonds is 12. The first-order valence-corrected chi connectivity index (χ1v) is 12.1. The molecule has 0 saturated carbocycles. The van der Waals surface area contributed by atoms with Gasteiger partial charge in [0.15, 0.2) is 0 Å². The fraction of sp³-hybridized carbons (Fsp3) is 0.393. The minimum atomic E-state index is -0.0524. The van der Waals surface area contributed by atoms with E-state index in [4.69, 9.17) is 4.74 Å². The quantitative estimate of drug-likeness (QED) is 0.352. The van der Waals surface area contributed by atoms with Crippen molar-refractivity contribution in [2.75, 3.05) is 23.3 Å². The molecule has 0 radical (unpaired) electrons. The average molecular weight is 461 g/mol. The molecule has 1 heterocycles. The van der Waals surface area contributed by atoms with Gasteiger partial charge in [-0.2, -0.15) is 4.98 Å². The Kier molecular flexibility index (Phi) is 9.44. The Labute approximate surface area is 203 Å². The number of aryl methyl sites for hydroxylation is 1. The number of carbonyl (C=O) groups is 1. The zero-order valence-corrected chi connectivity index (χ0v) is 20.8. The number of hydrogen-bond acceptors (Lipinski definition) is 5. The van der Waals surface area contributed by atoms with Gasteiger partial charge in [0.05, 0.1) is 5.69 Å². The number of amides is 1. The highest BCUT2D eigenvalue weighted by atomic mass is 16.5. The maximum Gasteiger partial charge on any atom is 0.241 e. The van der Waals surface area contributed by atoms with E-state index in [0.717, 1.165) is 37.2 Å². The maximum absolute atomic E-state index is 12.9. The highest BCUT2D eigenvalue weighted by Crippen LogP contribution is 2.31. The van der Waals surface area contributed by atoms with Crippen LogP contribution in [0, 0.1) is 6.92 Å². The molecule has 0 bridgehead atoms. The molecule has 1 N–H and O–H groups in total. The monoisotopic (exact) mass is 460 g/mol. The average Bonchev–Trinajstić information content (AvgIpc) is 2.84. The lowest BCUT2D eigenvalue weighted by Crippen LogP contribution is -2.26. The van der Waals surface area contributed by atoms with Gasteiger partial charge < -0.3 is 15.0 Å². The van der Waals surface area contributed by atoms with Crippen LogP contribution in [-0.4, -0.2) is 29.0 Å². The lowest BCUT2D eigenvalue weighted by Gasteiger charge is -2.24. The fourth-order valence-corrected chi connectivity index (χ4v) is 3.84. The van der Waals surface area contributed by atoms with Crippen molar-refractivity contribution >= 4 is 17.3 Å². The summed E-state index contributed by atoms with van der Waals surface area (Å²) in [5.41, 5.74) is 3.60. The normalized spacial score (nSPS) is 10.9. The molecule has 0 unspecified atom stereocenters. The Morgan fingerprint density at radius 2 is 1.68 bits per heavy atom. The SMILES string of the molecule is CCCN(CCCC(=O)Nc1c(OCc2ccccc2)nc(C)nc1C(C)C)c1ccccc1. The van der Waals surface area contributed by atoms with Crippen LogP contribution < -0.4 is 15.0 Å². The lowest BCUT2D eigenvalue weighted by molar-refractivity contribution is -0.116. The third-order valence-corrected chi connectivity index (χ3v) is 5.49. The van der Waals surface area contributed by atoms with Gasteiger partial charge in [-0.15, -0.1) is 0 Å². The number of anilines is 2. The molecule has 0 fully saturated rings. The van der Waals surface area contributed by atoms with Crippen LogP contribution in [0.3, 0.4) is 0 Å². The summed E-state index contributed by atoms with van der Waals surface area (Å²) in [5.74, 6) is 1.12. The molecule has 2 aromatic carbocycles. The second-order valence-electron chi connectivity index (χ2n) is 8.74. The van der Waals surface area contributed by atoms with Crippen LogP contribution >= 0.6 is 0 Å². The Hall–Kier alpha value is -3.41. The lowest BCUT2D eigenvalue weighted by atomic mass is 10.1. The largest absolute Gasteiger partial charge is 0.471 e. The van der Waals surface area contributed by atoms with Crippen molar-refractivity contribution in [2.45, 2.75) is 59.5 Å². The molecule has 0 aliphatic carbocycles. The van der Waals surface area contributed by atoms with Gasteiger partial charge in [-0.1, -0.05) is 69.3 Å². The Morgan fingerprint density at radius 1 is 1.00 bits per heavy atom. The van der Waals surface area contributed by atoms with Gasteiger partial charge in [0.25, 0.3) is 0 Å². The van der Waals surface area contributed by atoms with Gasteiger partial charge in [-0.05, 0) is 43.4 Å². The second-order valence-corrected chi connectivity index (χ2v) is 8.74. The molecule has 180 valence electrons. The van der Waals surface area contributed by atoms with Gasteiger partial charge in [-0.3, -0.25) is 4.79 Å². The number of nitrogens with zero attached hydrogens (tertiary/aromatic N) is 3. The van der Waals surface area contributed by atoms with Crippen LogP contribution in [0.1, 0.15) is 63.0 Å². The molecule has 3 aromatic rings. The molecule has 6 nitrogen and oxygen atoms in total. The van der Waals surface area contributed by atoms with E-state index in [-0.39, 0.29) is 11.8 Å². The molecular weight excluding hydrogens is 424 g/mol. The zero-order chi connectivity index (χ0) is 24.3. The maximum atomic E-state index is 12.9. The number of ether oxygens (including phenoxy) is 1. The van der Waals surface area contributed by atoms with Crippen molar-refractivity contribution in [2.24, 2.45) is 0 Å². The van der Waals surface area contributed by atoms with Crippen LogP contribution in [0.4, 0.5) is 11.4 Å². The topological polar surface area (TPSA) is 67.4 Å². The zero-order valence-electron chi connectivity index (χ0n) is 20.8. The van der Waals surface area contributed by atoms with E-state index in [1.54, 1.807) is 0 Å². The van der Waals surface area contributed by atoms with Gasteiger partial charge in [0, 0.05) is 25.2 Å². The highest BCUT2D eigenvalue weighted by Gasteiger charge is 2.19. The van der Waals surface area contributed by atoms with Crippen LogP contribution in [0.25, 0.3) is 0 Å². The van der Waals surface area contributed by atoms with E-state index in [0.29, 0.717) is 30.4 Å². The molecule has 3 rings (SSSR count). The van der Waals surface area contributed by atoms with E-state index in [9.17, 15) is 4.79 Å². The number of carbonyl (C=O) groups excluding carboxylic acids is 1. The smallest absolute Gasteiger partial charge is 0.241 e. The molecular formula is C28H36N4O2. The van der Waals surface area contributed by atoms with Crippen molar-refractivity contribution in [3.8, 4) is 5.88 Å². The summed E-state index contributed by atoms with van der Waals surface area (Å²) in [6, 6.07) is 20.3. The molecule has 6 heteroatoms. The van der Waals surface area contributed by atoms with Gasteiger partial charge in [0.2, 0.25) is 11.8 Å². The van der Waals surface area contributed by atoms with Crippen LogP contribution in [0.15, 0.2) is 60.7 Å². The minimum absolute atomic E-state index is 0.0524. The first-order valence-electron chi connectivity index (χ1n) is 12.1. The third kappa shape index (κ3) is 7.30. The minimum Gasteiger partial charge on any atom is -0.471 e. The number of nitrogens with one attached hydrogen (secondary N) is 1. The van der Waals surface area contributed by atoms with Gasteiger partial charge >= 0.3 is 0 Å². The summed E-state index contributed by atoms with van der Waals surface area (Å²) >= 11 is 0. The number of hydrogen-bond donors (Lipinski definition) is 1. The Morgan fingerprint density at radius 3 is 2.32 bits per heavy atom. The van der Waals surface area contributed by atoms with E-state index >= 15 is 0 Å². The second kappa shape index (κ2) is 12.7. The number of benzene rings is 2. The highest BCUT2D eigenvalue weighted by molar-refractivity contribution is 5.92. The molecule has 0 aliphatic rings. The fourth-order valence-electron chi connectivity index (χ4n) is 3.84. The summed E-state index contributed by atoms with van der Waals surface area (Å²) < 4.78 is 6.05. The molecule has 0 saturated heterocycles. The van der Waals surface area contributed by atoms with Crippen molar-refractivity contribution in [3.05, 3.63) is 77.7 Å². The summed E-state index contributed by atoms with van der Waals surface area (Å²) in [4.78, 5) is 24.4. The van der Waals surface area contributed by atoms with Crippen LogP contribution in [0.2, 0.25) is 0 Å². The molecule has 0 aliphatic heterocycles. The van der Waals surface area contributed by atoms with Crippen LogP contribution in [-0.2, 0) is 11.4 Å². The molecule has 1 aromatic heterocycles. The van der Waals surface area contributed by atoms with E-state index in [1.165, 1.54) is 5.69 Å². The summed E-state index contributed by atoms with van der Waals surface area (Å²) in [5, 5.41) is 3.06. The predicted molar refractivity (Wildman–Crippen MR) is 138 cm³/mol. The summed E-state index contributed by atoms with van der Waals surface area (Å²) in [6.45, 7) is 10.3. The first kappa shape index (κ1) is 25.2. The third-order valence-electron chi connectivity index (χ3n) is 5.49. The molecule has 0 atom stereocenters. The van der Waals surface area contributed by atoms with Crippen molar-refractivity contribution < 1.29 is 9.53 Å². The van der Waals surface area contributed by atoms with Crippen molar-refractivity contribution in [1.29, 1.82) is 0 Å². The van der Waals surface area contributed by atoms with Gasteiger partial charge in [-0.25, -0.2) is 4.98 Å². The number of aromatic nitrogens is 2. The molecule has 1 amide bonds. The van der Waals surface area contributed by atoms with Crippen molar-refractivity contribution in [1.82, 2.24) is 9.97 Å². The predicted octanol–water partition coefficient (Wildman–Crippen LogP) is 6.12. The Bertz CT molecular complexity index is 1040. The van der Waals surface area contributed by atoms with E-state index < -0.39 is 0 Å². The molecule has 34 heavy (non-hydrogen) atoms. The standard InChI is InChI=1S/C28H36N4O2/c1-5-18-32(24-15-10-7-11-16-24)19-12-17-25(33)31-27-26(21(2)3)29-22(4)30-28(27)34-20-23-13-8-6-9-14-23/h6-11,13-16,21H,5,12,17-20H2,1-4H3,(H,31,33). The van der Waals surface area contributed by atoms with E-state index in [2.05, 4.69) is 53.1 Å². The van der Waals surface area contributed by atoms with Crippen LogP contribution in [0.5, 0.6) is 5.88 Å². The number of para-hydroxylation sites is 1. The van der Waals surface area contributed by atoms with Gasteiger partial charge in [0.1, 0.15) is 18.1 Å².